The van der Waals surface area contributed by atoms with Crippen LogP contribution in [0.25, 0.3) is 0 Å². The molecule has 0 saturated heterocycles. The Labute approximate surface area is 115 Å². The van der Waals surface area contributed by atoms with Crippen LogP contribution in [0.15, 0.2) is 6.20 Å². The summed E-state index contributed by atoms with van der Waals surface area (Å²) < 4.78 is 0. The molecule has 1 atom stereocenters. The Hall–Kier alpha value is -1.36. The smallest absolute Gasteiger partial charge is 0.224 e. The van der Waals surface area contributed by atoms with E-state index < -0.39 is 0 Å². The van der Waals surface area contributed by atoms with E-state index in [4.69, 9.17) is 5.11 Å². The van der Waals surface area contributed by atoms with Gasteiger partial charge in [0, 0.05) is 31.0 Å². The normalized spacial score (nSPS) is 12.5. The zero-order valence-electron chi connectivity index (χ0n) is 12.4. The van der Waals surface area contributed by atoms with Gasteiger partial charge in [-0.1, -0.05) is 20.8 Å². The summed E-state index contributed by atoms with van der Waals surface area (Å²) >= 11 is 0. The van der Waals surface area contributed by atoms with Crippen molar-refractivity contribution < 1.29 is 5.11 Å². The van der Waals surface area contributed by atoms with Crippen LogP contribution in [0.4, 0.5) is 11.8 Å². The van der Waals surface area contributed by atoms with Gasteiger partial charge in [0.2, 0.25) is 5.95 Å². The summed E-state index contributed by atoms with van der Waals surface area (Å²) in [5, 5.41) is 15.7. The van der Waals surface area contributed by atoms with Crippen molar-refractivity contribution in [2.75, 3.05) is 23.8 Å². The first-order valence-electron chi connectivity index (χ1n) is 7.03. The van der Waals surface area contributed by atoms with Crippen molar-refractivity contribution in [3.05, 3.63) is 11.8 Å². The van der Waals surface area contributed by atoms with Crippen LogP contribution in [-0.2, 0) is 0 Å². The molecule has 1 aromatic heterocycles. The Balaban J connectivity index is 2.79. The third-order valence-electron chi connectivity index (χ3n) is 3.07. The maximum absolute atomic E-state index is 9.12. The molecule has 0 saturated carbocycles. The van der Waals surface area contributed by atoms with Crippen molar-refractivity contribution in [3.8, 4) is 0 Å². The average molecular weight is 266 g/mol. The number of rotatable bonds is 8. The van der Waals surface area contributed by atoms with Crippen LogP contribution in [0.3, 0.4) is 0 Å². The molecule has 0 aromatic carbocycles. The fourth-order valence-electron chi connectivity index (χ4n) is 1.80. The third-order valence-corrected chi connectivity index (χ3v) is 3.07. The number of aryl methyl sites for hydroxylation is 1. The number of nitrogens with zero attached hydrogens (tertiary/aromatic N) is 2. The average Bonchev–Trinajstić information content (AvgIpc) is 2.38. The van der Waals surface area contributed by atoms with Gasteiger partial charge in [0.25, 0.3) is 0 Å². The second kappa shape index (κ2) is 7.94. The molecule has 0 aliphatic carbocycles. The molecule has 1 rings (SSSR count). The van der Waals surface area contributed by atoms with Crippen LogP contribution in [0.1, 0.15) is 39.2 Å². The van der Waals surface area contributed by atoms with Crippen LogP contribution in [-0.4, -0.2) is 34.3 Å². The lowest BCUT2D eigenvalue weighted by Crippen LogP contribution is -2.28. The second-order valence-corrected chi connectivity index (χ2v) is 5.16. The van der Waals surface area contributed by atoms with Crippen LogP contribution in [0.2, 0.25) is 0 Å². The maximum atomic E-state index is 9.12. The van der Waals surface area contributed by atoms with Gasteiger partial charge in [-0.2, -0.15) is 4.98 Å². The highest BCUT2D eigenvalue weighted by Crippen LogP contribution is 2.17. The van der Waals surface area contributed by atoms with Gasteiger partial charge in [-0.05, 0) is 25.7 Å². The molecule has 0 spiro atoms. The van der Waals surface area contributed by atoms with E-state index >= 15 is 0 Å². The quantitative estimate of drug-likeness (QED) is 0.674. The predicted molar refractivity (Wildman–Crippen MR) is 79.5 cm³/mol. The SMILES string of the molecule is CCCNc1ncc(C)c(NC(CCO)C(C)C)n1. The Kier molecular flexibility index (Phi) is 6.56. The molecule has 5 nitrogen and oxygen atoms in total. The van der Waals surface area contributed by atoms with Gasteiger partial charge < -0.3 is 15.7 Å². The monoisotopic (exact) mass is 266 g/mol. The number of nitrogens with one attached hydrogen (secondary N) is 2. The number of anilines is 2. The highest BCUT2D eigenvalue weighted by Gasteiger charge is 2.14. The van der Waals surface area contributed by atoms with Gasteiger partial charge in [0.15, 0.2) is 0 Å². The minimum absolute atomic E-state index is 0.181. The molecule has 1 heterocycles. The summed E-state index contributed by atoms with van der Waals surface area (Å²) in [5.41, 5.74) is 1.02. The zero-order valence-corrected chi connectivity index (χ0v) is 12.4. The van der Waals surface area contributed by atoms with E-state index in [2.05, 4.69) is 41.4 Å². The highest BCUT2D eigenvalue weighted by atomic mass is 16.3. The summed E-state index contributed by atoms with van der Waals surface area (Å²) in [6, 6.07) is 0.220. The summed E-state index contributed by atoms with van der Waals surface area (Å²) in [6.45, 7) is 9.42. The fraction of sp³-hybridized carbons (Fsp3) is 0.714. The van der Waals surface area contributed by atoms with Crippen molar-refractivity contribution in [1.82, 2.24) is 9.97 Å². The molecular formula is C14H26N4O. The summed E-state index contributed by atoms with van der Waals surface area (Å²) in [7, 11) is 0. The molecule has 1 aromatic rings. The molecule has 108 valence electrons. The molecule has 0 radical (unpaired) electrons. The Morgan fingerprint density at radius 1 is 1.37 bits per heavy atom. The standard InChI is InChI=1S/C14H26N4O/c1-5-7-15-14-16-9-11(4)13(18-14)17-12(6-8-19)10(2)3/h9-10,12,19H,5-8H2,1-4H3,(H2,15,16,17,18). The van der Waals surface area contributed by atoms with E-state index in [1.54, 1.807) is 0 Å². The van der Waals surface area contributed by atoms with Crippen molar-refractivity contribution in [3.63, 3.8) is 0 Å². The first-order valence-corrected chi connectivity index (χ1v) is 7.03. The van der Waals surface area contributed by atoms with E-state index in [9.17, 15) is 0 Å². The molecule has 0 aliphatic rings. The molecule has 0 fully saturated rings. The molecule has 0 bridgehead atoms. The van der Waals surface area contributed by atoms with Crippen molar-refractivity contribution in [1.29, 1.82) is 0 Å². The van der Waals surface area contributed by atoms with Gasteiger partial charge in [0.1, 0.15) is 5.82 Å². The summed E-state index contributed by atoms with van der Waals surface area (Å²) in [4.78, 5) is 8.76. The minimum Gasteiger partial charge on any atom is -0.396 e. The van der Waals surface area contributed by atoms with Gasteiger partial charge in [0.05, 0.1) is 0 Å². The molecular weight excluding hydrogens is 240 g/mol. The Morgan fingerprint density at radius 3 is 2.68 bits per heavy atom. The molecule has 0 amide bonds. The summed E-state index contributed by atoms with van der Waals surface area (Å²) in [6.07, 6.45) is 3.58. The van der Waals surface area contributed by atoms with E-state index in [1.165, 1.54) is 0 Å². The van der Waals surface area contributed by atoms with Gasteiger partial charge in [-0.3, -0.25) is 0 Å². The summed E-state index contributed by atoms with van der Waals surface area (Å²) in [5.74, 6) is 1.94. The number of hydrogen-bond acceptors (Lipinski definition) is 5. The van der Waals surface area contributed by atoms with Gasteiger partial charge in [-0.25, -0.2) is 4.98 Å². The van der Waals surface area contributed by atoms with Crippen molar-refractivity contribution in [2.45, 2.75) is 46.6 Å². The molecule has 3 N–H and O–H groups in total. The number of aliphatic hydroxyl groups excluding tert-OH is 1. The minimum atomic E-state index is 0.181. The largest absolute Gasteiger partial charge is 0.396 e. The number of hydrogen-bond donors (Lipinski definition) is 3. The Bertz CT molecular complexity index is 382. The van der Waals surface area contributed by atoms with Crippen LogP contribution in [0.5, 0.6) is 0 Å². The van der Waals surface area contributed by atoms with Crippen LogP contribution in [0, 0.1) is 12.8 Å². The van der Waals surface area contributed by atoms with E-state index in [0.717, 1.165) is 30.8 Å². The lowest BCUT2D eigenvalue weighted by Gasteiger charge is -2.23. The van der Waals surface area contributed by atoms with Crippen LogP contribution < -0.4 is 10.6 Å². The number of aliphatic hydroxyl groups is 1. The van der Waals surface area contributed by atoms with E-state index in [-0.39, 0.29) is 12.6 Å². The highest BCUT2D eigenvalue weighted by molar-refractivity contribution is 5.47. The first kappa shape index (κ1) is 15.7. The molecule has 0 aliphatic heterocycles. The van der Waals surface area contributed by atoms with Crippen molar-refractivity contribution >= 4 is 11.8 Å². The lowest BCUT2D eigenvalue weighted by atomic mass is 10.0. The van der Waals surface area contributed by atoms with Gasteiger partial charge in [-0.15, -0.1) is 0 Å². The topological polar surface area (TPSA) is 70.1 Å². The number of aromatic nitrogens is 2. The molecule has 19 heavy (non-hydrogen) atoms. The maximum Gasteiger partial charge on any atom is 0.224 e. The van der Waals surface area contributed by atoms with E-state index in [0.29, 0.717) is 11.9 Å². The molecule has 1 unspecified atom stereocenters. The van der Waals surface area contributed by atoms with Crippen molar-refractivity contribution in [2.24, 2.45) is 5.92 Å². The van der Waals surface area contributed by atoms with E-state index in [1.807, 2.05) is 13.1 Å². The second-order valence-electron chi connectivity index (χ2n) is 5.16. The predicted octanol–water partition coefficient (Wildman–Crippen LogP) is 2.43. The third kappa shape index (κ3) is 5.03. The first-order chi connectivity index (χ1) is 9.08. The van der Waals surface area contributed by atoms with Gasteiger partial charge >= 0.3 is 0 Å². The zero-order chi connectivity index (χ0) is 14.3. The fourth-order valence-corrected chi connectivity index (χ4v) is 1.80. The molecule has 5 heteroatoms. The Morgan fingerprint density at radius 2 is 2.11 bits per heavy atom. The van der Waals surface area contributed by atoms with Crippen LogP contribution >= 0.6 is 0 Å². The lowest BCUT2D eigenvalue weighted by molar-refractivity contribution is 0.267.